The number of aliphatic hydroxyl groups is 1. The van der Waals surface area contributed by atoms with E-state index in [0.29, 0.717) is 28.5 Å². The molecule has 0 radical (unpaired) electrons. The molecule has 32 heavy (non-hydrogen) atoms. The third kappa shape index (κ3) is 4.36. The van der Waals surface area contributed by atoms with Crippen LogP contribution in [-0.2, 0) is 6.61 Å². The average molecular weight is 433 g/mol. The predicted molar refractivity (Wildman–Crippen MR) is 121 cm³/mol. The Morgan fingerprint density at radius 3 is 2.50 bits per heavy atom. The number of nitrogens with zero attached hydrogens (tertiary/aromatic N) is 5. The lowest BCUT2D eigenvalue weighted by Gasteiger charge is -2.17. The van der Waals surface area contributed by atoms with Crippen LogP contribution in [-0.4, -0.2) is 29.8 Å². The Balaban J connectivity index is 1.58. The molecular formula is C24H25FN6O. The van der Waals surface area contributed by atoms with E-state index >= 15 is 0 Å². The SMILES string of the molecule is Cc1cn(-c2ccc(-c3cc(C)c(N[C@@H](C)c4ccc(F)c(C)c4)nn3)nc2CO)cn1. The highest BCUT2D eigenvalue weighted by molar-refractivity contribution is 5.60. The van der Waals surface area contributed by atoms with Crippen LogP contribution in [0, 0.1) is 26.6 Å². The van der Waals surface area contributed by atoms with Crippen LogP contribution in [0.15, 0.2) is 48.9 Å². The third-order valence-corrected chi connectivity index (χ3v) is 5.37. The standard InChI is InChI=1S/C24H25FN6O/c1-14-9-18(5-6-19(14)25)17(4)27-24-15(2)10-21(29-30-24)20-7-8-23(22(12-32)28-20)31-11-16(3)26-13-31/h5-11,13,17,32H,12H2,1-4H3,(H,27,30)/t17-/m0/s1. The highest BCUT2D eigenvalue weighted by Gasteiger charge is 2.14. The molecule has 0 aliphatic carbocycles. The minimum atomic E-state index is -0.217. The highest BCUT2D eigenvalue weighted by Crippen LogP contribution is 2.25. The minimum Gasteiger partial charge on any atom is -0.390 e. The molecule has 164 valence electrons. The van der Waals surface area contributed by atoms with Crippen LogP contribution in [0.2, 0.25) is 0 Å². The van der Waals surface area contributed by atoms with Crippen LogP contribution in [0.3, 0.4) is 0 Å². The molecule has 0 spiro atoms. The molecule has 4 aromatic rings. The molecule has 0 saturated heterocycles. The van der Waals surface area contributed by atoms with Gasteiger partial charge in [0.1, 0.15) is 11.5 Å². The zero-order chi connectivity index (χ0) is 22.8. The Labute approximate surface area is 186 Å². The Bertz CT molecular complexity index is 1270. The quantitative estimate of drug-likeness (QED) is 0.468. The van der Waals surface area contributed by atoms with Crippen LogP contribution in [0.1, 0.15) is 41.0 Å². The number of rotatable bonds is 6. The fraction of sp³-hybridized carbons (Fsp3) is 0.250. The van der Waals surface area contributed by atoms with Crippen molar-refractivity contribution in [2.24, 2.45) is 0 Å². The van der Waals surface area contributed by atoms with E-state index < -0.39 is 0 Å². The van der Waals surface area contributed by atoms with Crippen LogP contribution in [0.4, 0.5) is 10.2 Å². The van der Waals surface area contributed by atoms with Crippen molar-refractivity contribution < 1.29 is 9.50 Å². The van der Waals surface area contributed by atoms with Gasteiger partial charge >= 0.3 is 0 Å². The zero-order valence-electron chi connectivity index (χ0n) is 18.5. The molecule has 3 aromatic heterocycles. The largest absolute Gasteiger partial charge is 0.390 e. The van der Waals surface area contributed by atoms with E-state index in [9.17, 15) is 9.50 Å². The van der Waals surface area contributed by atoms with E-state index in [-0.39, 0.29) is 18.5 Å². The Kier molecular flexibility index (Phi) is 5.96. The lowest BCUT2D eigenvalue weighted by atomic mass is 10.1. The lowest BCUT2D eigenvalue weighted by molar-refractivity contribution is 0.276. The number of aryl methyl sites for hydroxylation is 3. The second-order valence-electron chi connectivity index (χ2n) is 7.88. The maximum absolute atomic E-state index is 13.6. The number of aromatic nitrogens is 5. The predicted octanol–water partition coefficient (Wildman–Crippen LogP) is 4.45. The number of nitrogens with one attached hydrogen (secondary N) is 1. The van der Waals surface area contributed by atoms with Gasteiger partial charge in [0.15, 0.2) is 5.82 Å². The summed E-state index contributed by atoms with van der Waals surface area (Å²) >= 11 is 0. The van der Waals surface area contributed by atoms with Gasteiger partial charge in [-0.15, -0.1) is 10.2 Å². The van der Waals surface area contributed by atoms with Crippen LogP contribution < -0.4 is 5.32 Å². The molecule has 0 amide bonds. The smallest absolute Gasteiger partial charge is 0.152 e. The number of benzene rings is 1. The Morgan fingerprint density at radius 1 is 1.03 bits per heavy atom. The van der Waals surface area contributed by atoms with Crippen molar-refractivity contribution in [3.8, 4) is 17.1 Å². The molecule has 0 aliphatic heterocycles. The van der Waals surface area contributed by atoms with Gasteiger partial charge < -0.3 is 15.0 Å². The monoisotopic (exact) mass is 432 g/mol. The number of pyridine rings is 1. The summed E-state index contributed by atoms with van der Waals surface area (Å²) in [6.07, 6.45) is 3.57. The molecule has 7 nitrogen and oxygen atoms in total. The molecule has 2 N–H and O–H groups in total. The molecule has 1 aromatic carbocycles. The third-order valence-electron chi connectivity index (χ3n) is 5.37. The summed E-state index contributed by atoms with van der Waals surface area (Å²) in [6.45, 7) is 7.38. The molecule has 0 fully saturated rings. The van der Waals surface area contributed by atoms with Gasteiger partial charge in [-0.05, 0) is 68.7 Å². The van der Waals surface area contributed by atoms with Gasteiger partial charge in [-0.1, -0.05) is 12.1 Å². The van der Waals surface area contributed by atoms with Crippen LogP contribution in [0.25, 0.3) is 17.1 Å². The van der Waals surface area contributed by atoms with E-state index in [0.717, 1.165) is 22.5 Å². The topological polar surface area (TPSA) is 88.8 Å². The van der Waals surface area contributed by atoms with E-state index in [4.69, 9.17) is 0 Å². The number of halogens is 1. The zero-order valence-corrected chi connectivity index (χ0v) is 18.5. The van der Waals surface area contributed by atoms with Gasteiger partial charge in [0.2, 0.25) is 0 Å². The van der Waals surface area contributed by atoms with Crippen molar-refractivity contribution >= 4 is 5.82 Å². The number of anilines is 1. The number of imidazole rings is 1. The number of aliphatic hydroxyl groups excluding tert-OH is 1. The van der Waals surface area contributed by atoms with Gasteiger partial charge in [0.25, 0.3) is 0 Å². The average Bonchev–Trinajstić information content (AvgIpc) is 3.22. The van der Waals surface area contributed by atoms with Crippen molar-refractivity contribution in [1.29, 1.82) is 0 Å². The van der Waals surface area contributed by atoms with Crippen molar-refractivity contribution in [1.82, 2.24) is 24.7 Å². The summed E-state index contributed by atoms with van der Waals surface area (Å²) in [7, 11) is 0. The van der Waals surface area contributed by atoms with Gasteiger partial charge in [-0.25, -0.2) is 14.4 Å². The summed E-state index contributed by atoms with van der Waals surface area (Å²) < 4.78 is 15.4. The second kappa shape index (κ2) is 8.84. The van der Waals surface area contributed by atoms with E-state index in [1.165, 1.54) is 6.07 Å². The first kappa shape index (κ1) is 21.6. The minimum absolute atomic E-state index is 0.0646. The fourth-order valence-electron chi connectivity index (χ4n) is 3.52. The summed E-state index contributed by atoms with van der Waals surface area (Å²) in [4.78, 5) is 8.82. The van der Waals surface area contributed by atoms with E-state index in [1.807, 2.05) is 55.8 Å². The van der Waals surface area contributed by atoms with Crippen molar-refractivity contribution in [3.63, 3.8) is 0 Å². The first-order valence-corrected chi connectivity index (χ1v) is 10.3. The lowest BCUT2D eigenvalue weighted by Crippen LogP contribution is -2.11. The van der Waals surface area contributed by atoms with Gasteiger partial charge in [-0.2, -0.15) is 0 Å². The summed E-state index contributed by atoms with van der Waals surface area (Å²) in [6, 6.07) is 10.6. The number of hydrogen-bond donors (Lipinski definition) is 2. The normalized spacial score (nSPS) is 12.1. The Morgan fingerprint density at radius 2 is 1.84 bits per heavy atom. The van der Waals surface area contributed by atoms with Crippen LogP contribution >= 0.6 is 0 Å². The highest BCUT2D eigenvalue weighted by atomic mass is 19.1. The summed E-state index contributed by atoms with van der Waals surface area (Å²) in [5.74, 6) is 0.432. The fourth-order valence-corrected chi connectivity index (χ4v) is 3.52. The van der Waals surface area contributed by atoms with Crippen molar-refractivity contribution in [3.05, 3.63) is 82.8 Å². The molecule has 8 heteroatoms. The summed E-state index contributed by atoms with van der Waals surface area (Å²) in [5, 5.41) is 21.9. The van der Waals surface area contributed by atoms with E-state index in [1.54, 1.807) is 19.3 Å². The second-order valence-corrected chi connectivity index (χ2v) is 7.88. The molecule has 1 atom stereocenters. The maximum Gasteiger partial charge on any atom is 0.152 e. The molecule has 3 heterocycles. The summed E-state index contributed by atoms with van der Waals surface area (Å²) in [5.41, 5.74) is 5.89. The maximum atomic E-state index is 13.6. The van der Waals surface area contributed by atoms with Gasteiger partial charge in [0.05, 0.1) is 41.7 Å². The Hall–Kier alpha value is -3.65. The molecule has 4 rings (SSSR count). The van der Waals surface area contributed by atoms with E-state index in [2.05, 4.69) is 25.5 Å². The number of hydrogen-bond acceptors (Lipinski definition) is 6. The first-order chi connectivity index (χ1) is 15.4. The molecule has 0 bridgehead atoms. The molecule has 0 aliphatic rings. The van der Waals surface area contributed by atoms with Crippen molar-refractivity contribution in [2.45, 2.75) is 40.3 Å². The molecule has 0 unspecified atom stereocenters. The van der Waals surface area contributed by atoms with Gasteiger partial charge in [-0.3, -0.25) is 0 Å². The molecular weight excluding hydrogens is 407 g/mol. The van der Waals surface area contributed by atoms with Crippen LogP contribution in [0.5, 0.6) is 0 Å². The van der Waals surface area contributed by atoms with Gasteiger partial charge in [0, 0.05) is 6.20 Å². The first-order valence-electron chi connectivity index (χ1n) is 10.3. The molecule has 0 saturated carbocycles. The van der Waals surface area contributed by atoms with Crippen molar-refractivity contribution in [2.75, 3.05) is 5.32 Å².